The molecule has 1 aromatic heterocycles. The van der Waals surface area contributed by atoms with E-state index in [-0.39, 0.29) is 11.9 Å². The molecule has 0 atom stereocenters. The molecule has 0 aliphatic carbocycles. The summed E-state index contributed by atoms with van der Waals surface area (Å²) in [5.74, 6) is 0.382. The number of carbonyl (C=O) groups excluding carboxylic acids is 2. The van der Waals surface area contributed by atoms with Crippen LogP contribution < -0.4 is 10.6 Å². The number of piperidine rings is 1. The maximum absolute atomic E-state index is 12.8. The maximum Gasteiger partial charge on any atom is 0.320 e. The number of ether oxygens (including phenoxy) is 1. The third-order valence-electron chi connectivity index (χ3n) is 5.14. The molecular formula is C22H26Cl2N4O3. The number of pyridine rings is 1. The summed E-state index contributed by atoms with van der Waals surface area (Å²) in [4.78, 5) is 30.7. The number of hydrogen-bond donors (Lipinski definition) is 2. The van der Waals surface area contributed by atoms with Crippen molar-refractivity contribution in [1.82, 2.24) is 9.88 Å². The number of likely N-dealkylation sites (tertiary alicyclic amines) is 1. The van der Waals surface area contributed by atoms with Crippen LogP contribution in [0.4, 0.5) is 11.5 Å². The molecule has 2 heterocycles. The van der Waals surface area contributed by atoms with Crippen LogP contribution in [0, 0.1) is 5.92 Å². The topological polar surface area (TPSA) is 83.6 Å². The van der Waals surface area contributed by atoms with Gasteiger partial charge in [0.2, 0.25) is 0 Å². The zero-order chi connectivity index (χ0) is 22.2. The second kappa shape index (κ2) is 11.3. The second-order valence-electron chi connectivity index (χ2n) is 7.41. The van der Waals surface area contributed by atoms with Gasteiger partial charge in [0.1, 0.15) is 5.82 Å². The number of carbonyl (C=O) groups is 2. The number of rotatable bonds is 8. The molecule has 166 valence electrons. The van der Waals surface area contributed by atoms with Gasteiger partial charge in [0.25, 0.3) is 5.91 Å². The monoisotopic (exact) mass is 464 g/mol. The fraction of sp³-hybridized carbons (Fsp3) is 0.409. The average molecular weight is 465 g/mol. The molecule has 0 saturated carbocycles. The van der Waals surface area contributed by atoms with Crippen molar-refractivity contribution in [3.8, 4) is 0 Å². The van der Waals surface area contributed by atoms with Crippen LogP contribution in [-0.2, 0) is 9.53 Å². The minimum absolute atomic E-state index is 0.175. The highest BCUT2D eigenvalue weighted by Gasteiger charge is 2.22. The first-order chi connectivity index (χ1) is 14.9. The molecule has 9 heteroatoms. The molecule has 1 amide bonds. The maximum atomic E-state index is 12.8. The number of benzene rings is 1. The van der Waals surface area contributed by atoms with Crippen LogP contribution in [0.25, 0.3) is 0 Å². The zero-order valence-electron chi connectivity index (χ0n) is 17.4. The number of amides is 1. The molecule has 0 bridgehead atoms. The van der Waals surface area contributed by atoms with Gasteiger partial charge in [0.15, 0.2) is 0 Å². The Kier molecular flexibility index (Phi) is 8.51. The number of nitrogens with zero attached hydrogens (tertiary/aromatic N) is 2. The van der Waals surface area contributed by atoms with E-state index in [1.165, 1.54) is 6.20 Å². The Morgan fingerprint density at radius 2 is 1.90 bits per heavy atom. The third kappa shape index (κ3) is 7.09. The van der Waals surface area contributed by atoms with Gasteiger partial charge in [0, 0.05) is 23.5 Å². The van der Waals surface area contributed by atoms with Crippen molar-refractivity contribution in [2.45, 2.75) is 19.8 Å². The molecule has 0 radical (unpaired) electrons. The van der Waals surface area contributed by atoms with Crippen molar-refractivity contribution in [2.24, 2.45) is 5.92 Å². The van der Waals surface area contributed by atoms with Crippen LogP contribution in [0.2, 0.25) is 10.0 Å². The molecule has 1 aliphatic heterocycles. The molecule has 0 spiro atoms. The number of halogens is 2. The van der Waals surface area contributed by atoms with Crippen molar-refractivity contribution >= 4 is 46.6 Å². The van der Waals surface area contributed by atoms with Gasteiger partial charge in [0.05, 0.1) is 23.7 Å². The van der Waals surface area contributed by atoms with Gasteiger partial charge in [-0.05, 0) is 69.1 Å². The summed E-state index contributed by atoms with van der Waals surface area (Å²) in [6.07, 6.45) is 3.41. The highest BCUT2D eigenvalue weighted by atomic mass is 35.5. The molecule has 1 saturated heterocycles. The number of anilines is 2. The largest absolute Gasteiger partial charge is 0.465 e. The van der Waals surface area contributed by atoms with E-state index < -0.39 is 0 Å². The van der Waals surface area contributed by atoms with Crippen LogP contribution in [0.15, 0.2) is 36.5 Å². The summed E-state index contributed by atoms with van der Waals surface area (Å²) in [5, 5.41) is 7.13. The van der Waals surface area contributed by atoms with Crippen molar-refractivity contribution in [2.75, 3.05) is 43.4 Å². The lowest BCUT2D eigenvalue weighted by atomic mass is 9.96. The molecular weight excluding hydrogens is 439 g/mol. The van der Waals surface area contributed by atoms with E-state index in [4.69, 9.17) is 27.9 Å². The molecule has 1 aromatic carbocycles. The van der Waals surface area contributed by atoms with E-state index >= 15 is 0 Å². The Morgan fingerprint density at radius 1 is 1.16 bits per heavy atom. The van der Waals surface area contributed by atoms with E-state index in [0.717, 1.165) is 32.5 Å². The summed E-state index contributed by atoms with van der Waals surface area (Å²) in [5.41, 5.74) is 1.16. The van der Waals surface area contributed by atoms with Crippen LogP contribution in [0.5, 0.6) is 0 Å². The predicted molar refractivity (Wildman–Crippen MR) is 123 cm³/mol. The van der Waals surface area contributed by atoms with Crippen LogP contribution in [-0.4, -0.2) is 54.5 Å². The standard InChI is InChI=1S/C22H26Cl2N4O3/c1-2-31-21(29)14-28-9-7-15(8-10-28)12-25-19-5-3-16(23)11-18(19)22(30)27-20-6-4-17(24)13-26-20/h3-6,11,13,15,25H,2,7-10,12,14H2,1H3,(H,26,27,30). The van der Waals surface area contributed by atoms with Gasteiger partial charge in [-0.2, -0.15) is 0 Å². The summed E-state index contributed by atoms with van der Waals surface area (Å²) in [6.45, 7) is 4.99. The summed E-state index contributed by atoms with van der Waals surface area (Å²) >= 11 is 12.0. The van der Waals surface area contributed by atoms with E-state index in [0.29, 0.717) is 46.2 Å². The Bertz CT molecular complexity index is 900. The normalized spacial score (nSPS) is 14.8. The van der Waals surface area contributed by atoms with Crippen molar-refractivity contribution in [3.05, 3.63) is 52.1 Å². The number of hydrogen-bond acceptors (Lipinski definition) is 6. The molecule has 3 rings (SSSR count). The van der Waals surface area contributed by atoms with Crippen molar-refractivity contribution < 1.29 is 14.3 Å². The first kappa shape index (κ1) is 23.3. The number of nitrogens with one attached hydrogen (secondary N) is 2. The quantitative estimate of drug-likeness (QED) is 0.565. The van der Waals surface area contributed by atoms with E-state index in [2.05, 4.69) is 20.5 Å². The SMILES string of the molecule is CCOC(=O)CN1CCC(CNc2ccc(Cl)cc2C(=O)Nc2ccc(Cl)cn2)CC1. The van der Waals surface area contributed by atoms with Gasteiger partial charge < -0.3 is 15.4 Å². The van der Waals surface area contributed by atoms with Gasteiger partial charge in [-0.3, -0.25) is 14.5 Å². The van der Waals surface area contributed by atoms with Gasteiger partial charge in [-0.1, -0.05) is 23.2 Å². The molecule has 2 aromatic rings. The molecule has 31 heavy (non-hydrogen) atoms. The van der Waals surface area contributed by atoms with E-state index in [1.807, 2.05) is 13.0 Å². The van der Waals surface area contributed by atoms with Crippen LogP contribution >= 0.6 is 23.2 Å². The first-order valence-corrected chi connectivity index (χ1v) is 11.0. The van der Waals surface area contributed by atoms with Gasteiger partial charge in [-0.25, -0.2) is 4.98 Å². The molecule has 1 aliphatic rings. The van der Waals surface area contributed by atoms with Crippen LogP contribution in [0.3, 0.4) is 0 Å². The van der Waals surface area contributed by atoms with Gasteiger partial charge >= 0.3 is 5.97 Å². The smallest absolute Gasteiger partial charge is 0.320 e. The molecule has 0 unspecified atom stereocenters. The highest BCUT2D eigenvalue weighted by molar-refractivity contribution is 6.31. The number of aromatic nitrogens is 1. The molecule has 1 fully saturated rings. The minimum atomic E-state index is -0.302. The van der Waals surface area contributed by atoms with Gasteiger partial charge in [-0.15, -0.1) is 0 Å². The summed E-state index contributed by atoms with van der Waals surface area (Å²) < 4.78 is 5.02. The first-order valence-electron chi connectivity index (χ1n) is 10.3. The summed E-state index contributed by atoms with van der Waals surface area (Å²) in [6, 6.07) is 8.50. The molecule has 2 N–H and O–H groups in total. The third-order valence-corrected chi connectivity index (χ3v) is 5.60. The minimum Gasteiger partial charge on any atom is -0.465 e. The second-order valence-corrected chi connectivity index (χ2v) is 8.28. The van der Waals surface area contributed by atoms with Crippen LogP contribution in [0.1, 0.15) is 30.1 Å². The van der Waals surface area contributed by atoms with E-state index in [1.54, 1.807) is 24.3 Å². The Balaban J connectivity index is 1.55. The lowest BCUT2D eigenvalue weighted by Crippen LogP contribution is -2.39. The lowest BCUT2D eigenvalue weighted by Gasteiger charge is -2.31. The highest BCUT2D eigenvalue weighted by Crippen LogP contribution is 2.24. The van der Waals surface area contributed by atoms with Crippen molar-refractivity contribution in [3.63, 3.8) is 0 Å². The Hall–Kier alpha value is -2.35. The fourth-order valence-corrected chi connectivity index (χ4v) is 3.77. The average Bonchev–Trinajstić information content (AvgIpc) is 2.75. The summed E-state index contributed by atoms with van der Waals surface area (Å²) in [7, 11) is 0. The lowest BCUT2D eigenvalue weighted by molar-refractivity contribution is -0.144. The predicted octanol–water partition coefficient (Wildman–Crippen LogP) is 4.33. The van der Waals surface area contributed by atoms with Crippen molar-refractivity contribution in [1.29, 1.82) is 0 Å². The fourth-order valence-electron chi connectivity index (χ4n) is 3.48. The molecule has 7 nitrogen and oxygen atoms in total. The Labute approximate surface area is 192 Å². The Morgan fingerprint density at radius 3 is 2.58 bits per heavy atom. The number of esters is 1. The zero-order valence-corrected chi connectivity index (χ0v) is 18.9. The van der Waals surface area contributed by atoms with E-state index in [9.17, 15) is 9.59 Å².